The van der Waals surface area contributed by atoms with Crippen molar-refractivity contribution in [1.29, 1.82) is 0 Å². The van der Waals surface area contributed by atoms with Crippen LogP contribution in [0.5, 0.6) is 0 Å². The lowest BCUT2D eigenvalue weighted by molar-refractivity contribution is -0.119. The number of benzene rings is 1. The van der Waals surface area contributed by atoms with E-state index in [-0.39, 0.29) is 11.9 Å². The molecule has 0 amide bonds. The van der Waals surface area contributed by atoms with Gasteiger partial charge in [0.25, 0.3) is 0 Å². The van der Waals surface area contributed by atoms with E-state index in [1.807, 2.05) is 37.3 Å². The standard InChI is InChI=1S/C12H15BrO2/c1-10(7-12(14)8-13)15-9-11-5-3-2-4-6-11/h2-6,10H,7-9H2,1H3/t10-/m0/s1. The SMILES string of the molecule is C[C@@H](CC(=O)CBr)OCc1ccccc1. The van der Waals surface area contributed by atoms with E-state index in [1.54, 1.807) is 0 Å². The molecule has 1 rings (SSSR count). The van der Waals surface area contributed by atoms with Crippen molar-refractivity contribution in [2.24, 2.45) is 0 Å². The molecule has 15 heavy (non-hydrogen) atoms. The van der Waals surface area contributed by atoms with Gasteiger partial charge in [-0.2, -0.15) is 0 Å². The highest BCUT2D eigenvalue weighted by molar-refractivity contribution is 9.09. The summed E-state index contributed by atoms with van der Waals surface area (Å²) >= 11 is 3.13. The first-order chi connectivity index (χ1) is 7.22. The van der Waals surface area contributed by atoms with Crippen LogP contribution in [0.3, 0.4) is 0 Å². The van der Waals surface area contributed by atoms with Crippen LogP contribution in [0, 0.1) is 0 Å². The maximum Gasteiger partial charge on any atom is 0.145 e. The number of hydrogen-bond donors (Lipinski definition) is 0. The average Bonchev–Trinajstić information content (AvgIpc) is 2.27. The molecule has 0 aliphatic rings. The lowest BCUT2D eigenvalue weighted by Gasteiger charge is -2.11. The number of Topliss-reactive ketones (excluding diaryl/α,β-unsaturated/α-hetero) is 1. The number of ether oxygens (including phenoxy) is 1. The summed E-state index contributed by atoms with van der Waals surface area (Å²) in [6.07, 6.45) is 0.452. The minimum absolute atomic E-state index is 0.0183. The van der Waals surface area contributed by atoms with Gasteiger partial charge in [0.15, 0.2) is 0 Å². The van der Waals surface area contributed by atoms with E-state index in [9.17, 15) is 4.79 Å². The highest BCUT2D eigenvalue weighted by Gasteiger charge is 2.07. The van der Waals surface area contributed by atoms with Crippen LogP contribution in [0.4, 0.5) is 0 Å². The van der Waals surface area contributed by atoms with Gasteiger partial charge in [-0.25, -0.2) is 0 Å². The zero-order chi connectivity index (χ0) is 11.1. The van der Waals surface area contributed by atoms with Crippen LogP contribution < -0.4 is 0 Å². The van der Waals surface area contributed by atoms with Gasteiger partial charge in [-0.15, -0.1) is 0 Å². The fraction of sp³-hybridized carbons (Fsp3) is 0.417. The molecule has 0 heterocycles. The second-order valence-electron chi connectivity index (χ2n) is 3.48. The van der Waals surface area contributed by atoms with Crippen LogP contribution in [0.1, 0.15) is 18.9 Å². The molecule has 0 saturated carbocycles. The molecule has 0 bridgehead atoms. The van der Waals surface area contributed by atoms with Crippen LogP contribution in [0.25, 0.3) is 0 Å². The van der Waals surface area contributed by atoms with Crippen molar-refractivity contribution in [2.75, 3.05) is 5.33 Å². The Bertz CT molecular complexity index is 298. The van der Waals surface area contributed by atoms with Crippen molar-refractivity contribution in [3.8, 4) is 0 Å². The summed E-state index contributed by atoms with van der Waals surface area (Å²) in [5.74, 6) is 0.176. The van der Waals surface area contributed by atoms with Gasteiger partial charge in [0, 0.05) is 6.42 Å². The minimum Gasteiger partial charge on any atom is -0.373 e. The van der Waals surface area contributed by atoms with Gasteiger partial charge < -0.3 is 4.74 Å². The number of halogens is 1. The number of rotatable bonds is 6. The molecule has 82 valence electrons. The Morgan fingerprint density at radius 1 is 1.40 bits per heavy atom. The lowest BCUT2D eigenvalue weighted by atomic mass is 10.2. The topological polar surface area (TPSA) is 26.3 Å². The Morgan fingerprint density at radius 3 is 2.67 bits per heavy atom. The normalized spacial score (nSPS) is 12.4. The third kappa shape index (κ3) is 5.09. The smallest absolute Gasteiger partial charge is 0.145 e. The molecule has 0 aliphatic heterocycles. The molecule has 0 aromatic heterocycles. The number of ketones is 1. The Morgan fingerprint density at radius 2 is 2.07 bits per heavy atom. The van der Waals surface area contributed by atoms with Gasteiger partial charge in [0.05, 0.1) is 18.0 Å². The quantitative estimate of drug-likeness (QED) is 0.743. The first kappa shape index (κ1) is 12.4. The molecule has 0 saturated heterocycles. The molecule has 0 unspecified atom stereocenters. The average molecular weight is 271 g/mol. The summed E-state index contributed by atoms with van der Waals surface area (Å²) in [5, 5.41) is 0.409. The van der Waals surface area contributed by atoms with Gasteiger partial charge in [0.1, 0.15) is 5.78 Å². The van der Waals surface area contributed by atoms with Gasteiger partial charge in [-0.3, -0.25) is 4.79 Å². The van der Waals surface area contributed by atoms with Crippen molar-refractivity contribution >= 4 is 21.7 Å². The van der Waals surface area contributed by atoms with Gasteiger partial charge in [0.2, 0.25) is 0 Å². The summed E-state index contributed by atoms with van der Waals surface area (Å²) in [5.41, 5.74) is 1.13. The summed E-state index contributed by atoms with van der Waals surface area (Å²) < 4.78 is 5.56. The Labute approximate surface area is 98.8 Å². The molecule has 3 heteroatoms. The number of carbonyl (C=O) groups excluding carboxylic acids is 1. The minimum atomic E-state index is -0.0183. The Kier molecular flexibility index (Phi) is 5.58. The largest absolute Gasteiger partial charge is 0.373 e. The van der Waals surface area contributed by atoms with E-state index in [0.29, 0.717) is 18.4 Å². The summed E-state index contributed by atoms with van der Waals surface area (Å²) in [7, 11) is 0. The molecule has 0 aliphatic carbocycles. The fourth-order valence-corrected chi connectivity index (χ4v) is 1.48. The van der Waals surface area contributed by atoms with Crippen molar-refractivity contribution in [2.45, 2.75) is 26.1 Å². The summed E-state index contributed by atoms with van der Waals surface area (Å²) in [6, 6.07) is 9.96. The predicted molar refractivity (Wildman–Crippen MR) is 64.1 cm³/mol. The zero-order valence-electron chi connectivity index (χ0n) is 8.78. The van der Waals surface area contributed by atoms with Crippen LogP contribution in [-0.4, -0.2) is 17.2 Å². The van der Waals surface area contributed by atoms with E-state index in [4.69, 9.17) is 4.74 Å². The molecule has 2 nitrogen and oxygen atoms in total. The molecule has 0 radical (unpaired) electrons. The highest BCUT2D eigenvalue weighted by Crippen LogP contribution is 2.06. The van der Waals surface area contributed by atoms with Gasteiger partial charge >= 0.3 is 0 Å². The molecular formula is C12H15BrO2. The van der Waals surface area contributed by atoms with Crippen molar-refractivity contribution in [3.63, 3.8) is 0 Å². The van der Waals surface area contributed by atoms with E-state index >= 15 is 0 Å². The molecule has 0 fully saturated rings. The van der Waals surface area contributed by atoms with Crippen LogP contribution in [0.2, 0.25) is 0 Å². The molecular weight excluding hydrogens is 256 g/mol. The van der Waals surface area contributed by atoms with Gasteiger partial charge in [-0.1, -0.05) is 46.3 Å². The lowest BCUT2D eigenvalue weighted by Crippen LogP contribution is -2.14. The molecule has 1 aromatic carbocycles. The first-order valence-electron chi connectivity index (χ1n) is 4.95. The third-order valence-corrected chi connectivity index (χ3v) is 2.67. The number of carbonyl (C=O) groups is 1. The second kappa shape index (κ2) is 6.75. The van der Waals surface area contributed by atoms with Crippen molar-refractivity contribution in [3.05, 3.63) is 35.9 Å². The Hall–Kier alpha value is -0.670. The van der Waals surface area contributed by atoms with E-state index in [2.05, 4.69) is 15.9 Å². The zero-order valence-corrected chi connectivity index (χ0v) is 10.4. The molecule has 1 atom stereocenters. The summed E-state index contributed by atoms with van der Waals surface area (Å²) in [4.78, 5) is 11.1. The van der Waals surface area contributed by atoms with Crippen LogP contribution in [-0.2, 0) is 16.1 Å². The van der Waals surface area contributed by atoms with E-state index in [1.165, 1.54) is 0 Å². The second-order valence-corrected chi connectivity index (χ2v) is 4.04. The maximum atomic E-state index is 11.1. The van der Waals surface area contributed by atoms with Crippen LogP contribution >= 0.6 is 15.9 Å². The van der Waals surface area contributed by atoms with Crippen LogP contribution in [0.15, 0.2) is 30.3 Å². The molecule has 0 spiro atoms. The van der Waals surface area contributed by atoms with Crippen molar-refractivity contribution < 1.29 is 9.53 Å². The number of alkyl halides is 1. The summed E-state index contributed by atoms with van der Waals surface area (Å²) in [6.45, 7) is 2.49. The van der Waals surface area contributed by atoms with Gasteiger partial charge in [-0.05, 0) is 12.5 Å². The maximum absolute atomic E-state index is 11.1. The van der Waals surface area contributed by atoms with E-state index < -0.39 is 0 Å². The predicted octanol–water partition coefficient (Wildman–Crippen LogP) is 2.95. The first-order valence-corrected chi connectivity index (χ1v) is 6.07. The van der Waals surface area contributed by atoms with E-state index in [0.717, 1.165) is 5.56 Å². The monoisotopic (exact) mass is 270 g/mol. The third-order valence-electron chi connectivity index (χ3n) is 2.04. The molecule has 1 aromatic rings. The molecule has 0 N–H and O–H groups in total. The van der Waals surface area contributed by atoms with Crippen molar-refractivity contribution in [1.82, 2.24) is 0 Å². The fourth-order valence-electron chi connectivity index (χ4n) is 1.25. The Balaban J connectivity index is 2.28. The number of hydrogen-bond acceptors (Lipinski definition) is 2. The highest BCUT2D eigenvalue weighted by atomic mass is 79.9.